The number of nitrogens with zero attached hydrogens (tertiary/aromatic N) is 4. The molecule has 0 unspecified atom stereocenters. The second-order valence-corrected chi connectivity index (χ2v) is 6.67. The molecule has 0 bridgehead atoms. The quantitative estimate of drug-likeness (QED) is 0.628. The summed E-state index contributed by atoms with van der Waals surface area (Å²) in [6, 6.07) is 6.18. The first-order valence-electron chi connectivity index (χ1n) is 8.52. The van der Waals surface area contributed by atoms with Gasteiger partial charge >= 0.3 is 6.03 Å². The second kappa shape index (κ2) is 8.77. The highest BCUT2D eigenvalue weighted by molar-refractivity contribution is 5.89. The third-order valence-corrected chi connectivity index (χ3v) is 4.78. The van der Waals surface area contributed by atoms with Crippen molar-refractivity contribution in [1.29, 1.82) is 0 Å². The van der Waals surface area contributed by atoms with Gasteiger partial charge in [0.25, 0.3) is 5.69 Å². The van der Waals surface area contributed by atoms with E-state index in [1.807, 2.05) is 0 Å². The smallest absolute Gasteiger partial charge is 0.321 e. The van der Waals surface area contributed by atoms with Crippen molar-refractivity contribution in [2.75, 3.05) is 52.6 Å². The zero-order valence-corrected chi connectivity index (χ0v) is 15.1. The van der Waals surface area contributed by atoms with E-state index >= 15 is 0 Å². The Morgan fingerprint density at radius 1 is 1.24 bits per heavy atom. The molecule has 0 radical (unpaired) electrons. The minimum Gasteiger partial charge on any atom is -0.326 e. The van der Waals surface area contributed by atoms with Crippen LogP contribution in [0, 0.1) is 10.1 Å². The van der Waals surface area contributed by atoms with Crippen LogP contribution in [-0.2, 0) is 0 Å². The zero-order valence-electron chi connectivity index (χ0n) is 15.1. The summed E-state index contributed by atoms with van der Waals surface area (Å²) < 4.78 is 0. The van der Waals surface area contributed by atoms with E-state index in [0.29, 0.717) is 18.3 Å². The fourth-order valence-electron chi connectivity index (χ4n) is 2.91. The predicted molar refractivity (Wildman–Crippen MR) is 97.9 cm³/mol. The topological polar surface area (TPSA) is 82.0 Å². The number of urea groups is 1. The largest absolute Gasteiger partial charge is 0.326 e. The third kappa shape index (κ3) is 5.68. The van der Waals surface area contributed by atoms with Gasteiger partial charge in [-0.3, -0.25) is 10.1 Å². The van der Waals surface area contributed by atoms with E-state index in [4.69, 9.17) is 0 Å². The number of nitrogens with one attached hydrogen (secondary N) is 1. The van der Waals surface area contributed by atoms with Gasteiger partial charge in [0.15, 0.2) is 0 Å². The van der Waals surface area contributed by atoms with Crippen molar-refractivity contribution in [1.82, 2.24) is 14.7 Å². The van der Waals surface area contributed by atoms with Gasteiger partial charge in [0.05, 0.1) is 4.92 Å². The summed E-state index contributed by atoms with van der Waals surface area (Å²) in [6.45, 7) is 3.68. The standard InChI is InChI=1S/C17H27N5O3/c1-19-10-8-15(9-11-19)20(2)12-13-21(3)17(23)18-14-4-6-16(7-5-14)22(24)25/h4-7,15H,8-13H2,1-3H3,(H,18,23). The van der Waals surface area contributed by atoms with Crippen molar-refractivity contribution in [3.8, 4) is 0 Å². The number of carbonyl (C=O) groups excluding carboxylic acids is 1. The van der Waals surface area contributed by atoms with E-state index in [1.54, 1.807) is 11.9 Å². The Balaban J connectivity index is 1.76. The first-order valence-corrected chi connectivity index (χ1v) is 8.52. The van der Waals surface area contributed by atoms with Crippen LogP contribution in [0.3, 0.4) is 0 Å². The second-order valence-electron chi connectivity index (χ2n) is 6.67. The van der Waals surface area contributed by atoms with Gasteiger partial charge in [0.2, 0.25) is 0 Å². The minimum absolute atomic E-state index is 0.00565. The molecule has 1 aromatic carbocycles. The van der Waals surface area contributed by atoms with Crippen molar-refractivity contribution < 1.29 is 9.72 Å². The van der Waals surface area contributed by atoms with Crippen molar-refractivity contribution in [2.45, 2.75) is 18.9 Å². The molecule has 1 saturated heterocycles. The molecule has 1 aliphatic rings. The lowest BCUT2D eigenvalue weighted by Crippen LogP contribution is -2.45. The van der Waals surface area contributed by atoms with Crippen LogP contribution in [0.15, 0.2) is 24.3 Å². The first-order chi connectivity index (χ1) is 11.9. The summed E-state index contributed by atoms with van der Waals surface area (Å²) in [7, 11) is 6.01. The number of likely N-dealkylation sites (N-methyl/N-ethyl adjacent to an activating group) is 2. The molecular weight excluding hydrogens is 322 g/mol. The molecule has 0 aliphatic carbocycles. The Kier molecular flexibility index (Phi) is 6.72. The van der Waals surface area contributed by atoms with Crippen LogP contribution in [0.5, 0.6) is 0 Å². The Labute approximate surface area is 148 Å². The number of non-ortho nitro benzene ring substituents is 1. The Morgan fingerprint density at radius 3 is 2.40 bits per heavy atom. The fourth-order valence-corrected chi connectivity index (χ4v) is 2.91. The monoisotopic (exact) mass is 349 g/mol. The van der Waals surface area contributed by atoms with Crippen LogP contribution >= 0.6 is 0 Å². The lowest BCUT2D eigenvalue weighted by molar-refractivity contribution is -0.384. The van der Waals surface area contributed by atoms with E-state index in [-0.39, 0.29) is 11.7 Å². The molecule has 8 nitrogen and oxygen atoms in total. The summed E-state index contributed by atoms with van der Waals surface area (Å²) in [5.74, 6) is 0. The molecule has 1 N–H and O–H groups in total. The number of nitro groups is 1. The van der Waals surface area contributed by atoms with Gasteiger partial charge in [-0.05, 0) is 52.2 Å². The summed E-state index contributed by atoms with van der Waals surface area (Å²) >= 11 is 0. The third-order valence-electron chi connectivity index (χ3n) is 4.78. The average Bonchev–Trinajstić information content (AvgIpc) is 2.60. The maximum absolute atomic E-state index is 12.2. The summed E-state index contributed by atoms with van der Waals surface area (Å²) in [6.07, 6.45) is 2.32. The Bertz CT molecular complexity index is 584. The Morgan fingerprint density at radius 2 is 1.84 bits per heavy atom. The molecule has 0 saturated carbocycles. The number of benzene rings is 1. The summed E-state index contributed by atoms with van der Waals surface area (Å²) in [4.78, 5) is 28.7. The van der Waals surface area contributed by atoms with Gasteiger partial charge in [-0.2, -0.15) is 0 Å². The molecule has 25 heavy (non-hydrogen) atoms. The Hall–Kier alpha value is -2.19. The van der Waals surface area contributed by atoms with E-state index in [0.717, 1.165) is 32.5 Å². The highest BCUT2D eigenvalue weighted by Gasteiger charge is 2.21. The van der Waals surface area contributed by atoms with Crippen LogP contribution in [-0.4, -0.2) is 79.0 Å². The number of carbonyl (C=O) groups is 1. The predicted octanol–water partition coefficient (Wildman–Crippen LogP) is 2.08. The van der Waals surface area contributed by atoms with Crippen molar-refractivity contribution in [3.05, 3.63) is 34.4 Å². The molecule has 1 heterocycles. The van der Waals surface area contributed by atoms with Crippen molar-refractivity contribution in [2.24, 2.45) is 0 Å². The summed E-state index contributed by atoms with van der Waals surface area (Å²) in [5.41, 5.74) is 0.553. The zero-order chi connectivity index (χ0) is 18.4. The van der Waals surface area contributed by atoms with E-state index in [9.17, 15) is 14.9 Å². The van der Waals surface area contributed by atoms with Crippen LogP contribution in [0.1, 0.15) is 12.8 Å². The number of hydrogen-bond acceptors (Lipinski definition) is 5. The van der Waals surface area contributed by atoms with Crippen LogP contribution in [0.4, 0.5) is 16.2 Å². The lowest BCUT2D eigenvalue weighted by Gasteiger charge is -2.35. The van der Waals surface area contributed by atoms with Gasteiger partial charge in [-0.1, -0.05) is 0 Å². The minimum atomic E-state index is -0.462. The number of rotatable bonds is 6. The van der Waals surface area contributed by atoms with Crippen molar-refractivity contribution in [3.63, 3.8) is 0 Å². The van der Waals surface area contributed by atoms with Gasteiger partial charge in [-0.15, -0.1) is 0 Å². The molecule has 8 heteroatoms. The molecule has 2 amide bonds. The van der Waals surface area contributed by atoms with E-state index in [1.165, 1.54) is 24.3 Å². The number of amides is 2. The maximum Gasteiger partial charge on any atom is 0.321 e. The van der Waals surface area contributed by atoms with Gasteiger partial charge in [0.1, 0.15) is 0 Å². The number of nitro benzene ring substituents is 1. The molecule has 2 rings (SSSR count). The SMILES string of the molecule is CN1CCC(N(C)CCN(C)C(=O)Nc2ccc([N+](=O)[O-])cc2)CC1. The highest BCUT2D eigenvalue weighted by atomic mass is 16.6. The average molecular weight is 349 g/mol. The highest BCUT2D eigenvalue weighted by Crippen LogP contribution is 2.16. The molecule has 0 atom stereocenters. The van der Waals surface area contributed by atoms with E-state index < -0.39 is 4.92 Å². The molecule has 1 fully saturated rings. The maximum atomic E-state index is 12.2. The molecule has 1 aromatic rings. The number of anilines is 1. The molecule has 138 valence electrons. The fraction of sp³-hybridized carbons (Fsp3) is 0.588. The number of likely N-dealkylation sites (tertiary alicyclic amines) is 1. The summed E-state index contributed by atoms with van der Waals surface area (Å²) in [5, 5.41) is 13.4. The van der Waals surface area contributed by atoms with Crippen molar-refractivity contribution >= 4 is 17.4 Å². The lowest BCUT2D eigenvalue weighted by atomic mass is 10.0. The molecular formula is C17H27N5O3. The molecule has 1 aliphatic heterocycles. The molecule has 0 spiro atoms. The molecule has 0 aromatic heterocycles. The first kappa shape index (κ1) is 19.1. The van der Waals surface area contributed by atoms with Gasteiger partial charge in [0, 0.05) is 44.0 Å². The van der Waals surface area contributed by atoms with Crippen LogP contribution < -0.4 is 5.32 Å². The normalized spacial score (nSPS) is 16.0. The van der Waals surface area contributed by atoms with Crippen LogP contribution in [0.2, 0.25) is 0 Å². The number of hydrogen-bond donors (Lipinski definition) is 1. The van der Waals surface area contributed by atoms with E-state index in [2.05, 4.69) is 29.2 Å². The van der Waals surface area contributed by atoms with Crippen LogP contribution in [0.25, 0.3) is 0 Å². The van der Waals surface area contributed by atoms with Gasteiger partial charge in [-0.25, -0.2) is 4.79 Å². The van der Waals surface area contributed by atoms with Gasteiger partial charge < -0.3 is 20.0 Å². The number of piperidine rings is 1.